The monoisotopic (exact) mass is 386 g/mol. The molecule has 2 aliphatic rings. The highest BCUT2D eigenvalue weighted by Crippen LogP contribution is 2.47. The van der Waals surface area contributed by atoms with Crippen molar-refractivity contribution in [3.63, 3.8) is 0 Å². The van der Waals surface area contributed by atoms with Gasteiger partial charge in [-0.3, -0.25) is 4.79 Å². The molecule has 1 unspecified atom stereocenters. The van der Waals surface area contributed by atoms with E-state index < -0.39 is 10.8 Å². The summed E-state index contributed by atoms with van der Waals surface area (Å²) in [6.45, 7) is 3.76. The number of methoxy groups -OCH3 is 1. The van der Waals surface area contributed by atoms with E-state index in [2.05, 4.69) is 15.9 Å². The number of ether oxygens (including phenoxy) is 3. The summed E-state index contributed by atoms with van der Waals surface area (Å²) in [5, 5.41) is 0. The van der Waals surface area contributed by atoms with Crippen LogP contribution < -0.4 is 0 Å². The fraction of sp³-hybridized carbons (Fsp3) is 0.588. The molecule has 1 aromatic carbocycles. The maximum atomic E-state index is 14.3. The maximum absolute atomic E-state index is 14.3. The van der Waals surface area contributed by atoms with Crippen LogP contribution in [-0.2, 0) is 24.4 Å². The van der Waals surface area contributed by atoms with Gasteiger partial charge in [-0.2, -0.15) is 0 Å². The van der Waals surface area contributed by atoms with Crippen LogP contribution in [0.15, 0.2) is 12.1 Å². The number of halogens is 2. The number of alkyl halides is 1. The van der Waals surface area contributed by atoms with E-state index in [0.717, 1.165) is 24.0 Å². The Morgan fingerprint density at radius 1 is 1.43 bits per heavy atom. The lowest BCUT2D eigenvalue weighted by Gasteiger charge is -2.44. The first-order chi connectivity index (χ1) is 11.0. The van der Waals surface area contributed by atoms with Gasteiger partial charge >= 0.3 is 5.97 Å². The average molecular weight is 387 g/mol. The second-order valence-electron chi connectivity index (χ2n) is 6.19. The highest BCUT2D eigenvalue weighted by Gasteiger charge is 2.43. The molecule has 0 bridgehead atoms. The molecule has 1 spiro atoms. The van der Waals surface area contributed by atoms with Crippen molar-refractivity contribution in [2.75, 3.05) is 26.9 Å². The zero-order valence-corrected chi connectivity index (χ0v) is 14.8. The minimum absolute atomic E-state index is 0.196. The quantitative estimate of drug-likeness (QED) is 0.575. The van der Waals surface area contributed by atoms with Crippen molar-refractivity contribution in [2.24, 2.45) is 0 Å². The van der Waals surface area contributed by atoms with Gasteiger partial charge < -0.3 is 14.2 Å². The molecule has 0 aliphatic carbocycles. The van der Waals surface area contributed by atoms with Crippen molar-refractivity contribution in [1.29, 1.82) is 0 Å². The first kappa shape index (κ1) is 16.9. The number of hydrogen-bond acceptors (Lipinski definition) is 4. The third-order valence-corrected chi connectivity index (χ3v) is 5.76. The second kappa shape index (κ2) is 6.49. The van der Waals surface area contributed by atoms with E-state index in [4.69, 9.17) is 14.2 Å². The lowest BCUT2D eigenvalue weighted by molar-refractivity contribution is -0.139. The van der Waals surface area contributed by atoms with Crippen LogP contribution in [0.4, 0.5) is 4.39 Å². The van der Waals surface area contributed by atoms with Crippen LogP contribution in [0, 0.1) is 5.82 Å². The minimum atomic E-state index is -0.710. The number of carbonyl (C=O) groups excluding carboxylic acids is 1. The predicted octanol–water partition coefficient (Wildman–Crippen LogP) is 3.57. The van der Waals surface area contributed by atoms with Crippen LogP contribution in [0.3, 0.4) is 0 Å². The molecule has 4 nitrogen and oxygen atoms in total. The zero-order valence-electron chi connectivity index (χ0n) is 13.2. The van der Waals surface area contributed by atoms with Gasteiger partial charge in [-0.25, -0.2) is 4.39 Å². The summed E-state index contributed by atoms with van der Waals surface area (Å²) in [4.78, 5) is 11.2. The van der Waals surface area contributed by atoms with Crippen molar-refractivity contribution in [1.82, 2.24) is 0 Å². The van der Waals surface area contributed by atoms with Gasteiger partial charge in [0.05, 0.1) is 19.8 Å². The fourth-order valence-electron chi connectivity index (χ4n) is 3.59. The molecule has 0 aromatic heterocycles. The minimum Gasteiger partial charge on any atom is -0.468 e. The topological polar surface area (TPSA) is 44.8 Å². The van der Waals surface area contributed by atoms with Gasteiger partial charge in [0.25, 0.3) is 0 Å². The van der Waals surface area contributed by atoms with Crippen molar-refractivity contribution < 1.29 is 23.4 Å². The summed E-state index contributed by atoms with van der Waals surface area (Å²) in [5.74, 6) is -0.788. The molecule has 1 aromatic rings. The number of rotatable bonds is 2. The SMILES string of the molecule is COC(=O)C(Br)c1cc(F)cc2c1[C@H](C)OCC21CCOCC1. The van der Waals surface area contributed by atoms with Gasteiger partial charge in [0.15, 0.2) is 0 Å². The van der Waals surface area contributed by atoms with E-state index in [9.17, 15) is 9.18 Å². The third kappa shape index (κ3) is 2.92. The molecule has 126 valence electrons. The number of benzene rings is 1. The summed E-state index contributed by atoms with van der Waals surface area (Å²) in [5.41, 5.74) is 2.19. The first-order valence-corrected chi connectivity index (χ1v) is 8.65. The zero-order chi connectivity index (χ0) is 16.6. The Hall–Kier alpha value is -0.980. The van der Waals surface area contributed by atoms with Crippen molar-refractivity contribution in [3.05, 3.63) is 34.6 Å². The molecular formula is C17H20BrFO4. The van der Waals surface area contributed by atoms with E-state index in [1.165, 1.54) is 13.2 Å². The normalized spacial score (nSPS) is 24.1. The molecule has 0 N–H and O–H groups in total. The molecule has 0 saturated carbocycles. The van der Waals surface area contributed by atoms with Gasteiger partial charge in [0, 0.05) is 18.6 Å². The highest BCUT2D eigenvalue weighted by molar-refractivity contribution is 9.09. The molecule has 23 heavy (non-hydrogen) atoms. The van der Waals surface area contributed by atoms with Gasteiger partial charge in [0.2, 0.25) is 0 Å². The largest absolute Gasteiger partial charge is 0.468 e. The van der Waals surface area contributed by atoms with E-state index in [-0.39, 0.29) is 17.3 Å². The Kier molecular flexibility index (Phi) is 4.76. The Balaban J connectivity index is 2.15. The Morgan fingerprint density at radius 2 is 2.13 bits per heavy atom. The molecular weight excluding hydrogens is 367 g/mol. The van der Waals surface area contributed by atoms with Crippen LogP contribution in [0.5, 0.6) is 0 Å². The predicted molar refractivity (Wildman–Crippen MR) is 86.2 cm³/mol. The molecule has 0 amide bonds. The van der Waals surface area contributed by atoms with Crippen LogP contribution in [-0.4, -0.2) is 32.9 Å². The third-order valence-electron chi connectivity index (χ3n) is 4.90. The number of hydrogen-bond donors (Lipinski definition) is 0. The second-order valence-corrected chi connectivity index (χ2v) is 7.10. The van der Waals surface area contributed by atoms with Gasteiger partial charge in [-0.1, -0.05) is 15.9 Å². The average Bonchev–Trinajstić information content (AvgIpc) is 2.57. The standard InChI is InChI=1S/C17H20BrFO4/c1-10-14-12(15(18)16(20)21-2)7-11(19)8-13(14)17(9-23-10)3-5-22-6-4-17/h7-8,10,15H,3-6,9H2,1-2H3/t10-,15?/m0/s1. The molecule has 3 rings (SSSR count). The number of fused-ring (bicyclic) bond motifs is 2. The van der Waals surface area contributed by atoms with E-state index in [1.54, 1.807) is 6.07 Å². The number of carbonyl (C=O) groups is 1. The molecule has 2 atom stereocenters. The van der Waals surface area contributed by atoms with Crippen LogP contribution in [0.1, 0.15) is 47.4 Å². The van der Waals surface area contributed by atoms with Gasteiger partial charge in [-0.05, 0) is 48.6 Å². The molecule has 0 radical (unpaired) electrons. The van der Waals surface area contributed by atoms with Gasteiger partial charge in [-0.15, -0.1) is 0 Å². The molecule has 1 fully saturated rings. The molecule has 1 saturated heterocycles. The lowest BCUT2D eigenvalue weighted by atomic mass is 9.70. The van der Waals surface area contributed by atoms with Crippen LogP contribution in [0.2, 0.25) is 0 Å². The summed E-state index contributed by atoms with van der Waals surface area (Å²) in [7, 11) is 1.32. The van der Waals surface area contributed by atoms with E-state index >= 15 is 0 Å². The molecule has 2 heterocycles. The van der Waals surface area contributed by atoms with Gasteiger partial charge in [0.1, 0.15) is 10.6 Å². The molecule has 2 aliphatic heterocycles. The fourth-order valence-corrected chi connectivity index (χ4v) is 4.16. The van der Waals surface area contributed by atoms with Crippen molar-refractivity contribution in [2.45, 2.75) is 36.1 Å². The summed E-state index contributed by atoms with van der Waals surface area (Å²) in [6.07, 6.45) is 1.39. The first-order valence-electron chi connectivity index (χ1n) is 7.73. The maximum Gasteiger partial charge on any atom is 0.324 e. The smallest absolute Gasteiger partial charge is 0.324 e. The summed E-state index contributed by atoms with van der Waals surface area (Å²) < 4.78 is 30.6. The summed E-state index contributed by atoms with van der Waals surface area (Å²) in [6, 6.07) is 2.99. The van der Waals surface area contributed by atoms with E-state index in [0.29, 0.717) is 25.4 Å². The van der Waals surface area contributed by atoms with Crippen LogP contribution >= 0.6 is 15.9 Å². The Bertz CT molecular complexity index is 613. The number of esters is 1. The van der Waals surface area contributed by atoms with Crippen LogP contribution in [0.25, 0.3) is 0 Å². The Labute approximate surface area is 143 Å². The lowest BCUT2D eigenvalue weighted by Crippen LogP contribution is -2.43. The summed E-state index contributed by atoms with van der Waals surface area (Å²) >= 11 is 3.34. The Morgan fingerprint density at radius 3 is 2.78 bits per heavy atom. The van der Waals surface area contributed by atoms with Crippen molar-refractivity contribution >= 4 is 21.9 Å². The highest BCUT2D eigenvalue weighted by atomic mass is 79.9. The molecule has 6 heteroatoms. The van der Waals surface area contributed by atoms with E-state index in [1.807, 2.05) is 6.92 Å². The van der Waals surface area contributed by atoms with Crippen molar-refractivity contribution in [3.8, 4) is 0 Å².